The first-order chi connectivity index (χ1) is 9.06. The topological polar surface area (TPSA) is 34.1 Å². The zero-order chi connectivity index (χ0) is 13.8. The number of hydrogen-bond donors (Lipinski definition) is 0. The van der Waals surface area contributed by atoms with Crippen molar-refractivity contribution >= 4 is 48.4 Å². The van der Waals surface area contributed by atoms with Gasteiger partial charge in [0.2, 0.25) is 0 Å². The maximum atomic E-state index is 12.1. The van der Waals surface area contributed by atoms with Crippen molar-refractivity contribution in [3.8, 4) is 0 Å². The zero-order valence-corrected chi connectivity index (χ0v) is 13.8. The molecule has 98 valence electrons. The molecule has 0 aromatic heterocycles. The van der Waals surface area contributed by atoms with Gasteiger partial charge >= 0.3 is 0 Å². The van der Waals surface area contributed by atoms with Gasteiger partial charge in [-0.3, -0.25) is 9.00 Å². The minimum absolute atomic E-state index is 0.00190. The summed E-state index contributed by atoms with van der Waals surface area (Å²) in [5.74, 6) is -0.122. The Balaban J connectivity index is 2.11. The van der Waals surface area contributed by atoms with Crippen LogP contribution in [0.15, 0.2) is 62.4 Å². The van der Waals surface area contributed by atoms with E-state index in [1.165, 1.54) is 0 Å². The van der Waals surface area contributed by atoms with Crippen molar-refractivity contribution in [1.82, 2.24) is 0 Å². The van der Waals surface area contributed by atoms with Gasteiger partial charge in [-0.1, -0.05) is 50.1 Å². The van der Waals surface area contributed by atoms with E-state index in [1.54, 1.807) is 42.5 Å². The molecule has 0 aliphatic heterocycles. The molecule has 0 aliphatic carbocycles. The molecule has 2 aromatic rings. The largest absolute Gasteiger partial charge is 0.293 e. The van der Waals surface area contributed by atoms with Crippen LogP contribution in [0.4, 0.5) is 0 Å². The summed E-state index contributed by atoms with van der Waals surface area (Å²) < 4.78 is 13.9. The average Bonchev–Trinajstić information content (AvgIpc) is 2.39. The molecular formula is C14H10Br2O2S. The molecule has 2 rings (SSSR count). The lowest BCUT2D eigenvalue weighted by Crippen LogP contribution is -2.11. The maximum absolute atomic E-state index is 12.1. The summed E-state index contributed by atoms with van der Waals surface area (Å²) in [5, 5.41) is 0. The van der Waals surface area contributed by atoms with Crippen molar-refractivity contribution in [2.24, 2.45) is 0 Å². The van der Waals surface area contributed by atoms with Gasteiger partial charge in [-0.25, -0.2) is 0 Å². The van der Waals surface area contributed by atoms with Gasteiger partial charge in [-0.05, 0) is 30.3 Å². The summed E-state index contributed by atoms with van der Waals surface area (Å²) in [6, 6.07) is 14.2. The maximum Gasteiger partial charge on any atom is 0.175 e. The molecule has 0 bridgehead atoms. The third kappa shape index (κ3) is 4.09. The van der Waals surface area contributed by atoms with Crippen LogP contribution in [0.2, 0.25) is 0 Å². The first-order valence-corrected chi connectivity index (χ1v) is 8.39. The van der Waals surface area contributed by atoms with Crippen molar-refractivity contribution in [3.05, 3.63) is 63.0 Å². The number of carbonyl (C=O) groups is 1. The predicted octanol–water partition coefficient (Wildman–Crippen LogP) is 4.20. The number of hydrogen-bond acceptors (Lipinski definition) is 2. The van der Waals surface area contributed by atoms with Crippen molar-refractivity contribution in [2.75, 3.05) is 5.75 Å². The lowest BCUT2D eigenvalue weighted by Gasteiger charge is -2.03. The van der Waals surface area contributed by atoms with Gasteiger partial charge in [0, 0.05) is 19.4 Å². The Bertz CT molecular complexity index is 624. The monoisotopic (exact) mass is 400 g/mol. The normalized spacial score (nSPS) is 12.1. The van der Waals surface area contributed by atoms with Gasteiger partial charge in [0.15, 0.2) is 5.78 Å². The smallest absolute Gasteiger partial charge is 0.175 e. The second kappa shape index (κ2) is 6.59. The molecule has 19 heavy (non-hydrogen) atoms. The van der Waals surface area contributed by atoms with Gasteiger partial charge < -0.3 is 0 Å². The molecule has 2 nitrogen and oxygen atoms in total. The molecule has 1 atom stereocenters. The highest BCUT2D eigenvalue weighted by Gasteiger charge is 2.12. The summed E-state index contributed by atoms with van der Waals surface area (Å²) in [6.07, 6.45) is 0. The molecule has 0 spiro atoms. The quantitative estimate of drug-likeness (QED) is 0.719. The third-order valence-corrected chi connectivity index (χ3v) is 4.81. The van der Waals surface area contributed by atoms with E-state index in [0.717, 1.165) is 8.95 Å². The van der Waals surface area contributed by atoms with Crippen molar-refractivity contribution in [2.45, 2.75) is 4.90 Å². The molecule has 0 fully saturated rings. The number of benzene rings is 2. The standard InChI is InChI=1S/C14H10Br2O2S/c15-11-6-4-10(5-7-11)14(17)9-19(18)13-3-1-2-12(16)8-13/h1-8H,9H2. The SMILES string of the molecule is O=C(CS(=O)c1cccc(Br)c1)c1ccc(Br)cc1. The third-order valence-electron chi connectivity index (χ3n) is 2.49. The minimum atomic E-state index is -1.32. The van der Waals surface area contributed by atoms with Crippen LogP contribution in [0.5, 0.6) is 0 Å². The lowest BCUT2D eigenvalue weighted by atomic mass is 10.2. The highest BCUT2D eigenvalue weighted by Crippen LogP contribution is 2.16. The Hall–Kier alpha value is -0.780. The summed E-state index contributed by atoms with van der Waals surface area (Å²) in [7, 11) is -1.32. The van der Waals surface area contributed by atoms with Crippen molar-refractivity contribution in [1.29, 1.82) is 0 Å². The average molecular weight is 402 g/mol. The molecule has 1 unspecified atom stereocenters. The minimum Gasteiger partial charge on any atom is -0.293 e. The number of ketones is 1. The molecule has 0 radical (unpaired) electrons. The van der Waals surface area contributed by atoms with Crippen LogP contribution in [0, 0.1) is 0 Å². The fourth-order valence-electron chi connectivity index (χ4n) is 1.53. The molecular weight excluding hydrogens is 392 g/mol. The Morgan fingerprint density at radius 3 is 2.32 bits per heavy atom. The molecule has 0 amide bonds. The van der Waals surface area contributed by atoms with Gasteiger partial charge in [-0.2, -0.15) is 0 Å². The van der Waals surface area contributed by atoms with Crippen LogP contribution in [-0.4, -0.2) is 15.7 Å². The molecule has 2 aromatic carbocycles. The Morgan fingerprint density at radius 1 is 1.00 bits per heavy atom. The molecule has 0 heterocycles. The number of Topliss-reactive ketones (excluding diaryl/α,β-unsaturated/α-hetero) is 1. The van der Waals surface area contributed by atoms with E-state index >= 15 is 0 Å². The predicted molar refractivity (Wildman–Crippen MR) is 83.9 cm³/mol. The van der Waals surface area contributed by atoms with Gasteiger partial charge in [-0.15, -0.1) is 0 Å². The summed E-state index contributed by atoms with van der Waals surface area (Å²) in [4.78, 5) is 12.7. The lowest BCUT2D eigenvalue weighted by molar-refractivity contribution is 0.102. The van der Waals surface area contributed by atoms with E-state index in [4.69, 9.17) is 0 Å². The number of rotatable bonds is 4. The van der Waals surface area contributed by atoms with Gasteiger partial charge in [0.1, 0.15) is 0 Å². The fraction of sp³-hybridized carbons (Fsp3) is 0.0714. The van der Waals surface area contributed by atoms with Gasteiger partial charge in [0.05, 0.1) is 16.6 Å². The van der Waals surface area contributed by atoms with Crippen LogP contribution >= 0.6 is 31.9 Å². The van der Waals surface area contributed by atoms with Gasteiger partial charge in [0.25, 0.3) is 0 Å². The van der Waals surface area contributed by atoms with E-state index in [0.29, 0.717) is 10.5 Å². The number of carbonyl (C=O) groups excluding carboxylic acids is 1. The first kappa shape index (κ1) is 14.6. The van der Waals surface area contributed by atoms with Crippen molar-refractivity contribution < 1.29 is 9.00 Å². The summed E-state index contributed by atoms with van der Waals surface area (Å²) in [5.41, 5.74) is 0.576. The second-order valence-corrected chi connectivity index (χ2v) is 7.16. The zero-order valence-electron chi connectivity index (χ0n) is 9.81. The Morgan fingerprint density at radius 2 is 1.68 bits per heavy atom. The number of halogens is 2. The second-order valence-electron chi connectivity index (χ2n) is 3.88. The molecule has 0 saturated carbocycles. The summed E-state index contributed by atoms with van der Waals surface area (Å²) >= 11 is 6.64. The highest BCUT2D eigenvalue weighted by atomic mass is 79.9. The molecule has 5 heteroatoms. The van der Waals surface area contributed by atoms with Crippen LogP contribution in [0.3, 0.4) is 0 Å². The highest BCUT2D eigenvalue weighted by molar-refractivity contribution is 9.10. The first-order valence-electron chi connectivity index (χ1n) is 5.49. The molecule has 0 saturated heterocycles. The molecule has 0 N–H and O–H groups in total. The fourth-order valence-corrected chi connectivity index (χ4v) is 3.41. The molecule has 0 aliphatic rings. The van der Waals surface area contributed by atoms with Crippen LogP contribution in [0.1, 0.15) is 10.4 Å². The van der Waals surface area contributed by atoms with E-state index in [9.17, 15) is 9.00 Å². The van der Waals surface area contributed by atoms with Crippen LogP contribution < -0.4 is 0 Å². The van der Waals surface area contributed by atoms with E-state index in [-0.39, 0.29) is 11.5 Å². The van der Waals surface area contributed by atoms with E-state index < -0.39 is 10.8 Å². The van der Waals surface area contributed by atoms with E-state index in [1.807, 2.05) is 6.07 Å². The summed E-state index contributed by atoms with van der Waals surface area (Å²) in [6.45, 7) is 0. The Kier molecular flexibility index (Phi) is 5.07. The van der Waals surface area contributed by atoms with Crippen LogP contribution in [0.25, 0.3) is 0 Å². The van der Waals surface area contributed by atoms with E-state index in [2.05, 4.69) is 31.9 Å². The Labute approximate surface area is 130 Å². The van der Waals surface area contributed by atoms with Crippen molar-refractivity contribution in [3.63, 3.8) is 0 Å². The van der Waals surface area contributed by atoms with Crippen LogP contribution in [-0.2, 0) is 10.8 Å².